The first kappa shape index (κ1) is 12.2. The standard InChI is InChI=1S/C14H8BrN3S/c15-10-3-6-13-12(7-10)17-14(19)18(13)11-4-1-9(8-16)2-5-11/h1-7H,(H,17,19). The predicted octanol–water partition coefficient (Wildman–Crippen LogP) is 4.32. The highest BCUT2D eigenvalue weighted by Gasteiger charge is 2.06. The van der Waals surface area contributed by atoms with Crippen molar-refractivity contribution < 1.29 is 0 Å². The molecule has 1 heterocycles. The van der Waals surface area contributed by atoms with Crippen LogP contribution in [0.15, 0.2) is 46.9 Å². The Kier molecular flexibility index (Phi) is 2.97. The maximum Gasteiger partial charge on any atom is 0.182 e. The van der Waals surface area contributed by atoms with Gasteiger partial charge in [-0.25, -0.2) is 0 Å². The topological polar surface area (TPSA) is 44.5 Å². The van der Waals surface area contributed by atoms with E-state index < -0.39 is 0 Å². The van der Waals surface area contributed by atoms with Crippen molar-refractivity contribution in [1.82, 2.24) is 9.55 Å². The summed E-state index contributed by atoms with van der Waals surface area (Å²) >= 11 is 8.81. The molecule has 19 heavy (non-hydrogen) atoms. The maximum atomic E-state index is 8.83. The summed E-state index contributed by atoms with van der Waals surface area (Å²) in [4.78, 5) is 3.18. The molecule has 92 valence electrons. The number of aromatic nitrogens is 2. The average Bonchev–Trinajstić information content (AvgIpc) is 2.74. The first-order valence-electron chi connectivity index (χ1n) is 5.60. The fourth-order valence-electron chi connectivity index (χ4n) is 2.03. The minimum absolute atomic E-state index is 0.637. The number of H-pyrrole nitrogens is 1. The van der Waals surface area contributed by atoms with Crippen LogP contribution < -0.4 is 0 Å². The van der Waals surface area contributed by atoms with Crippen LogP contribution >= 0.6 is 28.1 Å². The number of benzene rings is 2. The molecule has 0 amide bonds. The number of aromatic amines is 1. The molecule has 0 saturated heterocycles. The van der Waals surface area contributed by atoms with E-state index in [0.29, 0.717) is 10.3 Å². The fourth-order valence-corrected chi connectivity index (χ4v) is 2.70. The van der Waals surface area contributed by atoms with Gasteiger partial charge >= 0.3 is 0 Å². The van der Waals surface area contributed by atoms with E-state index in [1.807, 2.05) is 34.9 Å². The van der Waals surface area contributed by atoms with Gasteiger partial charge in [0.05, 0.1) is 22.7 Å². The van der Waals surface area contributed by atoms with Crippen molar-refractivity contribution in [3.05, 3.63) is 57.3 Å². The average molecular weight is 330 g/mol. The van der Waals surface area contributed by atoms with Crippen LogP contribution in [0.1, 0.15) is 5.56 Å². The number of nitrogens with one attached hydrogen (secondary N) is 1. The van der Waals surface area contributed by atoms with E-state index in [2.05, 4.69) is 27.0 Å². The molecule has 0 unspecified atom stereocenters. The summed E-state index contributed by atoms with van der Waals surface area (Å²) in [6, 6.07) is 15.4. The van der Waals surface area contributed by atoms with Crippen molar-refractivity contribution in [3.8, 4) is 11.8 Å². The van der Waals surface area contributed by atoms with Crippen molar-refractivity contribution in [2.45, 2.75) is 0 Å². The van der Waals surface area contributed by atoms with Crippen LogP contribution in [0.3, 0.4) is 0 Å². The first-order chi connectivity index (χ1) is 9.19. The van der Waals surface area contributed by atoms with Gasteiger partial charge in [0.15, 0.2) is 4.77 Å². The van der Waals surface area contributed by atoms with Gasteiger partial charge in [-0.05, 0) is 54.7 Å². The molecule has 1 aromatic heterocycles. The molecule has 0 spiro atoms. The molecule has 3 aromatic rings. The van der Waals surface area contributed by atoms with Crippen molar-refractivity contribution in [2.24, 2.45) is 0 Å². The summed E-state index contributed by atoms with van der Waals surface area (Å²) in [5.41, 5.74) is 3.57. The summed E-state index contributed by atoms with van der Waals surface area (Å²) in [5, 5.41) is 8.83. The molecule has 3 nitrogen and oxygen atoms in total. The summed E-state index contributed by atoms with van der Waals surface area (Å²) in [7, 11) is 0. The lowest BCUT2D eigenvalue weighted by Crippen LogP contribution is -1.93. The normalized spacial score (nSPS) is 10.5. The van der Waals surface area contributed by atoms with Crippen LogP contribution in [0.2, 0.25) is 0 Å². The van der Waals surface area contributed by atoms with Crippen LogP contribution in [-0.4, -0.2) is 9.55 Å². The van der Waals surface area contributed by atoms with Gasteiger partial charge in [0, 0.05) is 10.2 Å². The van der Waals surface area contributed by atoms with E-state index in [9.17, 15) is 0 Å². The predicted molar refractivity (Wildman–Crippen MR) is 80.9 cm³/mol. The third kappa shape index (κ3) is 2.09. The van der Waals surface area contributed by atoms with Crippen LogP contribution in [0.5, 0.6) is 0 Å². The Hall–Kier alpha value is -1.90. The molecule has 0 aliphatic heterocycles. The van der Waals surface area contributed by atoms with E-state index in [4.69, 9.17) is 17.5 Å². The second-order valence-electron chi connectivity index (χ2n) is 4.09. The Morgan fingerprint density at radius 1 is 1.16 bits per heavy atom. The van der Waals surface area contributed by atoms with Crippen molar-refractivity contribution in [3.63, 3.8) is 0 Å². The number of imidazole rings is 1. The number of hydrogen-bond donors (Lipinski definition) is 1. The van der Waals surface area contributed by atoms with Gasteiger partial charge in [-0.1, -0.05) is 15.9 Å². The molecule has 2 aromatic carbocycles. The molecule has 3 rings (SSSR count). The second-order valence-corrected chi connectivity index (χ2v) is 5.39. The van der Waals surface area contributed by atoms with Crippen molar-refractivity contribution in [1.29, 1.82) is 5.26 Å². The largest absolute Gasteiger partial charge is 0.330 e. The molecule has 0 saturated carbocycles. The van der Waals surface area contributed by atoms with Crippen LogP contribution in [-0.2, 0) is 0 Å². The molecule has 0 aliphatic carbocycles. The SMILES string of the molecule is N#Cc1ccc(-n2c(=S)[nH]c3cc(Br)ccc32)cc1. The monoisotopic (exact) mass is 329 g/mol. The number of nitriles is 1. The lowest BCUT2D eigenvalue weighted by molar-refractivity contribution is 1.06. The lowest BCUT2D eigenvalue weighted by atomic mass is 10.2. The Labute approximate surface area is 123 Å². The van der Waals surface area contributed by atoms with Gasteiger partial charge in [-0.2, -0.15) is 5.26 Å². The summed E-state index contributed by atoms with van der Waals surface area (Å²) in [5.74, 6) is 0. The minimum atomic E-state index is 0.637. The van der Waals surface area contributed by atoms with Crippen molar-refractivity contribution in [2.75, 3.05) is 0 Å². The van der Waals surface area contributed by atoms with Crippen LogP contribution in [0.25, 0.3) is 16.7 Å². The van der Waals surface area contributed by atoms with Gasteiger partial charge in [0.25, 0.3) is 0 Å². The Bertz CT molecular complexity index is 853. The van der Waals surface area contributed by atoms with Crippen LogP contribution in [0, 0.1) is 16.1 Å². The number of nitrogens with zero attached hydrogens (tertiary/aromatic N) is 2. The van der Waals surface area contributed by atoms with Gasteiger partial charge in [0.1, 0.15) is 0 Å². The molecular formula is C14H8BrN3S. The molecular weight excluding hydrogens is 322 g/mol. The van der Waals surface area contributed by atoms with Gasteiger partial charge in [-0.15, -0.1) is 0 Å². The molecule has 0 fully saturated rings. The molecule has 5 heteroatoms. The lowest BCUT2D eigenvalue weighted by Gasteiger charge is -2.04. The van der Waals surface area contributed by atoms with E-state index in [0.717, 1.165) is 21.2 Å². The fraction of sp³-hybridized carbons (Fsp3) is 0. The first-order valence-corrected chi connectivity index (χ1v) is 6.80. The highest BCUT2D eigenvalue weighted by atomic mass is 79.9. The number of rotatable bonds is 1. The highest BCUT2D eigenvalue weighted by Crippen LogP contribution is 2.23. The Morgan fingerprint density at radius 3 is 2.58 bits per heavy atom. The summed E-state index contributed by atoms with van der Waals surface area (Å²) < 4.78 is 3.60. The number of hydrogen-bond acceptors (Lipinski definition) is 2. The zero-order valence-corrected chi connectivity index (χ0v) is 12.1. The quantitative estimate of drug-likeness (QED) is 0.675. The second kappa shape index (κ2) is 4.65. The van der Waals surface area contributed by atoms with Gasteiger partial charge in [-0.3, -0.25) is 4.57 Å². The zero-order valence-electron chi connectivity index (χ0n) is 9.72. The molecule has 0 aliphatic rings. The van der Waals surface area contributed by atoms with Crippen molar-refractivity contribution >= 4 is 39.2 Å². The molecule has 1 N–H and O–H groups in total. The van der Waals surface area contributed by atoms with E-state index >= 15 is 0 Å². The minimum Gasteiger partial charge on any atom is -0.330 e. The summed E-state index contributed by atoms with van der Waals surface area (Å²) in [6.45, 7) is 0. The summed E-state index contributed by atoms with van der Waals surface area (Å²) in [6.07, 6.45) is 0. The third-order valence-electron chi connectivity index (χ3n) is 2.90. The Balaban J connectivity index is 2.27. The highest BCUT2D eigenvalue weighted by molar-refractivity contribution is 9.10. The van der Waals surface area contributed by atoms with E-state index in [1.54, 1.807) is 12.1 Å². The van der Waals surface area contributed by atoms with Crippen LogP contribution in [0.4, 0.5) is 0 Å². The van der Waals surface area contributed by atoms with Gasteiger partial charge < -0.3 is 4.98 Å². The third-order valence-corrected chi connectivity index (χ3v) is 3.68. The van der Waals surface area contributed by atoms with E-state index in [1.165, 1.54) is 0 Å². The smallest absolute Gasteiger partial charge is 0.182 e. The van der Waals surface area contributed by atoms with Gasteiger partial charge in [0.2, 0.25) is 0 Å². The number of fused-ring (bicyclic) bond motifs is 1. The molecule has 0 atom stereocenters. The Morgan fingerprint density at radius 2 is 1.89 bits per heavy atom. The number of halogens is 1. The molecule has 0 bridgehead atoms. The van der Waals surface area contributed by atoms with E-state index in [-0.39, 0.29) is 0 Å². The molecule has 0 radical (unpaired) electrons. The maximum absolute atomic E-state index is 8.83. The zero-order chi connectivity index (χ0) is 13.4.